The highest BCUT2D eigenvalue weighted by Gasteiger charge is 2.71. The Morgan fingerprint density at radius 1 is 1.26 bits per heavy atom. The fourth-order valence-corrected chi connectivity index (χ4v) is 7.25. The lowest BCUT2D eigenvalue weighted by Gasteiger charge is -2.57. The number of rotatable bonds is 3. The van der Waals surface area contributed by atoms with Crippen LogP contribution in [0.4, 0.5) is 4.39 Å². The van der Waals surface area contributed by atoms with E-state index in [2.05, 4.69) is 0 Å². The first kappa shape index (κ1) is 22.1. The van der Waals surface area contributed by atoms with E-state index in [1.807, 2.05) is 6.92 Å². The molecule has 0 aromatic heterocycles. The van der Waals surface area contributed by atoms with Crippen molar-refractivity contribution in [3.05, 3.63) is 23.8 Å². The van der Waals surface area contributed by atoms with Crippen LogP contribution >= 0.6 is 0 Å². The summed E-state index contributed by atoms with van der Waals surface area (Å²) in [5.41, 5.74) is -3.45. The van der Waals surface area contributed by atoms with Gasteiger partial charge in [0.25, 0.3) is 0 Å². The number of ether oxygens (including phenoxy) is 1. The number of Topliss-reactive ketones (excluding diaryl/α,β-unsaturated/α-hetero) is 2. The van der Waals surface area contributed by atoms with Crippen molar-refractivity contribution in [3.63, 3.8) is 0 Å². The van der Waals surface area contributed by atoms with Crippen LogP contribution < -0.4 is 0 Å². The van der Waals surface area contributed by atoms with Crippen molar-refractivity contribution in [2.24, 2.45) is 34.5 Å². The van der Waals surface area contributed by atoms with Gasteiger partial charge in [0, 0.05) is 30.1 Å². The Bertz CT molecular complexity index is 936. The number of alkyl halides is 1. The van der Waals surface area contributed by atoms with Gasteiger partial charge < -0.3 is 9.84 Å². The predicted octanol–water partition coefficient (Wildman–Crippen LogP) is 2.53. The lowest BCUT2D eigenvalue weighted by Crippen LogP contribution is -2.62. The first-order chi connectivity index (χ1) is 14.4. The summed E-state index contributed by atoms with van der Waals surface area (Å²) in [5.74, 6) is -3.23. The van der Waals surface area contributed by atoms with Crippen molar-refractivity contribution < 1.29 is 33.4 Å². The van der Waals surface area contributed by atoms with E-state index >= 15 is 4.39 Å². The summed E-state index contributed by atoms with van der Waals surface area (Å²) in [5, 5.41) is 11.6. The molecule has 4 aliphatic rings. The predicted molar refractivity (Wildman–Crippen MR) is 108 cm³/mol. The maximum atomic E-state index is 15.3. The summed E-state index contributed by atoms with van der Waals surface area (Å²) in [6.07, 6.45) is 3.54. The zero-order valence-corrected chi connectivity index (χ0v) is 18.3. The molecule has 0 aromatic carbocycles. The first-order valence-electron chi connectivity index (χ1n) is 10.9. The third-order valence-corrected chi connectivity index (χ3v) is 8.65. The number of carbonyl (C=O) groups is 4. The molecule has 1 N–H and O–H groups in total. The second kappa shape index (κ2) is 6.92. The average Bonchev–Trinajstić information content (AvgIpc) is 2.88. The highest BCUT2D eigenvalue weighted by molar-refractivity contribution is 6.02. The quantitative estimate of drug-likeness (QED) is 0.689. The number of aliphatic hydroxyl groups is 1. The average molecular weight is 432 g/mol. The summed E-state index contributed by atoms with van der Waals surface area (Å²) in [4.78, 5) is 49.6. The smallest absolute Gasteiger partial charge is 0.303 e. The maximum Gasteiger partial charge on any atom is 0.303 e. The fraction of sp³-hybridized carbons (Fsp3) is 0.667. The second-order valence-electron chi connectivity index (χ2n) is 10.2. The van der Waals surface area contributed by atoms with E-state index in [0.29, 0.717) is 12.0 Å². The molecule has 0 aliphatic heterocycles. The van der Waals surface area contributed by atoms with Gasteiger partial charge in [-0.25, -0.2) is 4.39 Å². The first-order valence-corrected chi connectivity index (χ1v) is 10.9. The summed E-state index contributed by atoms with van der Waals surface area (Å²) in [6.45, 7) is 5.94. The van der Waals surface area contributed by atoms with Gasteiger partial charge in [0.15, 0.2) is 12.4 Å². The van der Waals surface area contributed by atoms with E-state index in [-0.39, 0.29) is 36.2 Å². The number of hydrogen-bond acceptors (Lipinski definition) is 6. The van der Waals surface area contributed by atoms with Gasteiger partial charge in [0.2, 0.25) is 5.78 Å². The molecule has 31 heavy (non-hydrogen) atoms. The Morgan fingerprint density at radius 2 is 1.94 bits per heavy atom. The molecule has 3 saturated carbocycles. The molecule has 0 amide bonds. The molecule has 0 bridgehead atoms. The van der Waals surface area contributed by atoms with Crippen LogP contribution in [-0.2, 0) is 23.9 Å². The van der Waals surface area contributed by atoms with E-state index in [1.165, 1.54) is 19.1 Å². The summed E-state index contributed by atoms with van der Waals surface area (Å²) < 4.78 is 20.2. The van der Waals surface area contributed by atoms with Gasteiger partial charge in [-0.15, -0.1) is 0 Å². The third kappa shape index (κ3) is 2.85. The largest absolute Gasteiger partial charge is 0.458 e. The molecular weight excluding hydrogens is 403 g/mol. The molecule has 0 radical (unpaired) electrons. The van der Waals surface area contributed by atoms with Gasteiger partial charge in [-0.05, 0) is 48.3 Å². The number of esters is 1. The molecule has 0 heterocycles. The van der Waals surface area contributed by atoms with E-state index < -0.39 is 52.8 Å². The normalized spacial score (nSPS) is 46.0. The van der Waals surface area contributed by atoms with Crippen molar-refractivity contribution in [2.75, 3.05) is 6.61 Å². The maximum absolute atomic E-state index is 15.3. The van der Waals surface area contributed by atoms with Crippen LogP contribution in [0.25, 0.3) is 0 Å². The highest BCUT2D eigenvalue weighted by Crippen LogP contribution is 2.67. The third-order valence-electron chi connectivity index (χ3n) is 8.65. The minimum atomic E-state index is -1.84. The monoisotopic (exact) mass is 432 g/mol. The molecule has 0 saturated heterocycles. The standard InChI is InChI=1S/C24H29FO6/c1-12-7-16-15-9-18(25)17-8-14(27)5-6-22(17,3)21(15)19(28)10-23(16,4)24(12,30)20(29)11-31-13(2)26/h5-6,8,12,15-16,18,21,30H,7,9-11H2,1-4H3/t12-,15+,16+,18+,21-,22+,23+,24+/m1/s1. The second-order valence-corrected chi connectivity index (χ2v) is 10.2. The van der Waals surface area contributed by atoms with Gasteiger partial charge in [0.05, 0.1) is 0 Å². The van der Waals surface area contributed by atoms with Gasteiger partial charge in [0.1, 0.15) is 17.6 Å². The van der Waals surface area contributed by atoms with Crippen molar-refractivity contribution in [2.45, 2.75) is 58.7 Å². The summed E-state index contributed by atoms with van der Waals surface area (Å²) >= 11 is 0. The van der Waals surface area contributed by atoms with Gasteiger partial charge >= 0.3 is 5.97 Å². The molecule has 6 nitrogen and oxygen atoms in total. The molecule has 7 heteroatoms. The Labute approximate surface area is 180 Å². The van der Waals surface area contributed by atoms with Crippen LogP contribution in [0.3, 0.4) is 0 Å². The SMILES string of the molecule is CC(=O)OCC(=O)[C@@]1(O)[C@H](C)C[C@H]2[C@@H]3C[C@H](F)C4=CC(=O)C=C[C@]4(C)[C@H]3C(=O)C[C@@]21C. The van der Waals surface area contributed by atoms with Crippen molar-refractivity contribution in [1.82, 2.24) is 0 Å². The number of hydrogen-bond donors (Lipinski definition) is 1. The van der Waals surface area contributed by atoms with E-state index in [1.54, 1.807) is 19.9 Å². The minimum absolute atomic E-state index is 0.0207. The van der Waals surface area contributed by atoms with Crippen LogP contribution in [0.15, 0.2) is 23.8 Å². The molecule has 4 rings (SSSR count). The Balaban J connectivity index is 1.75. The zero-order valence-electron chi connectivity index (χ0n) is 18.3. The zero-order chi connectivity index (χ0) is 22.9. The van der Waals surface area contributed by atoms with Gasteiger partial charge in [-0.1, -0.05) is 26.8 Å². The molecule has 168 valence electrons. The van der Waals surface area contributed by atoms with E-state index in [4.69, 9.17) is 4.74 Å². The number of fused-ring (bicyclic) bond motifs is 5. The molecule has 0 spiro atoms. The van der Waals surface area contributed by atoms with Crippen LogP contribution in [0.2, 0.25) is 0 Å². The Kier molecular flexibility index (Phi) is 4.93. The van der Waals surface area contributed by atoms with Gasteiger partial charge in [-0.3, -0.25) is 19.2 Å². The summed E-state index contributed by atoms with van der Waals surface area (Å²) in [6, 6.07) is 0. The van der Waals surface area contributed by atoms with Gasteiger partial charge in [-0.2, -0.15) is 0 Å². The molecule has 8 atom stereocenters. The van der Waals surface area contributed by atoms with E-state index in [9.17, 15) is 24.3 Å². The Hall–Kier alpha value is -2.15. The fourth-order valence-electron chi connectivity index (χ4n) is 7.25. The molecular formula is C24H29FO6. The van der Waals surface area contributed by atoms with Crippen LogP contribution in [-0.4, -0.2) is 46.8 Å². The van der Waals surface area contributed by atoms with E-state index in [0.717, 1.165) is 0 Å². The summed E-state index contributed by atoms with van der Waals surface area (Å²) in [7, 11) is 0. The van der Waals surface area contributed by atoms with Crippen LogP contribution in [0.1, 0.15) is 47.0 Å². The van der Waals surface area contributed by atoms with Crippen molar-refractivity contribution in [3.8, 4) is 0 Å². The lowest BCUT2D eigenvalue weighted by atomic mass is 9.46. The number of carbonyl (C=O) groups excluding carboxylic acids is 4. The van der Waals surface area contributed by atoms with Crippen LogP contribution in [0.5, 0.6) is 0 Å². The lowest BCUT2D eigenvalue weighted by molar-refractivity contribution is -0.177. The highest BCUT2D eigenvalue weighted by atomic mass is 19.1. The minimum Gasteiger partial charge on any atom is -0.458 e. The number of ketones is 3. The van der Waals surface area contributed by atoms with Crippen molar-refractivity contribution in [1.29, 1.82) is 0 Å². The molecule has 0 aromatic rings. The molecule has 0 unspecified atom stereocenters. The van der Waals surface area contributed by atoms with Crippen LogP contribution in [0, 0.1) is 34.5 Å². The van der Waals surface area contributed by atoms with Crippen molar-refractivity contribution >= 4 is 23.3 Å². The topological polar surface area (TPSA) is 97.7 Å². The number of halogens is 1. The molecule has 3 fully saturated rings. The number of allylic oxidation sites excluding steroid dienone is 4. The Morgan fingerprint density at radius 3 is 2.58 bits per heavy atom. The molecule has 4 aliphatic carbocycles.